The minimum atomic E-state index is -0.397. The van der Waals surface area contributed by atoms with Crippen LogP contribution in [0.1, 0.15) is 90.0 Å². The molecule has 0 aliphatic heterocycles. The van der Waals surface area contributed by atoms with Crippen molar-refractivity contribution in [3.63, 3.8) is 0 Å². The zero-order valence-electron chi connectivity index (χ0n) is 17.7. The fourth-order valence-corrected chi connectivity index (χ4v) is 3.79. The smallest absolute Gasteiger partial charge is 0.315 e. The van der Waals surface area contributed by atoms with Gasteiger partial charge in [0.05, 0.1) is 18.4 Å². The van der Waals surface area contributed by atoms with Gasteiger partial charge >= 0.3 is 11.9 Å². The van der Waals surface area contributed by atoms with Gasteiger partial charge < -0.3 is 9.47 Å². The Morgan fingerprint density at radius 2 is 1.54 bits per heavy atom. The Labute approximate surface area is 170 Å². The quantitative estimate of drug-likeness (QED) is 0.279. The summed E-state index contributed by atoms with van der Waals surface area (Å²) >= 11 is 0. The standard InChI is InChI=1S/C24H36O4/c1-4-5-6-7-10-17-27-23(25)21-11-8-9-12-22(21)24(26)28-20-15-13-19(14-16-20)18(2)3/h13-16,18,21-22H,4-12,17H2,1-3H3. The van der Waals surface area contributed by atoms with E-state index in [1.807, 2.05) is 24.3 Å². The number of rotatable bonds is 10. The number of hydrogen-bond donors (Lipinski definition) is 0. The fraction of sp³-hybridized carbons (Fsp3) is 0.667. The van der Waals surface area contributed by atoms with E-state index in [9.17, 15) is 9.59 Å². The van der Waals surface area contributed by atoms with Gasteiger partial charge in [-0.2, -0.15) is 0 Å². The summed E-state index contributed by atoms with van der Waals surface area (Å²) in [4.78, 5) is 25.3. The summed E-state index contributed by atoms with van der Waals surface area (Å²) in [7, 11) is 0. The topological polar surface area (TPSA) is 52.6 Å². The van der Waals surface area contributed by atoms with Crippen molar-refractivity contribution in [1.29, 1.82) is 0 Å². The first kappa shape index (κ1) is 22.4. The lowest BCUT2D eigenvalue weighted by Gasteiger charge is -2.28. The Morgan fingerprint density at radius 1 is 0.929 bits per heavy atom. The van der Waals surface area contributed by atoms with Crippen molar-refractivity contribution in [3.05, 3.63) is 29.8 Å². The van der Waals surface area contributed by atoms with E-state index in [0.29, 0.717) is 31.1 Å². The molecule has 0 saturated heterocycles. The average molecular weight is 389 g/mol. The number of ether oxygens (including phenoxy) is 2. The first-order valence-corrected chi connectivity index (χ1v) is 11.0. The molecule has 0 radical (unpaired) electrons. The molecule has 2 unspecified atom stereocenters. The summed E-state index contributed by atoms with van der Waals surface area (Å²) in [6, 6.07) is 7.64. The number of hydrogen-bond acceptors (Lipinski definition) is 4. The van der Waals surface area contributed by atoms with Gasteiger partial charge in [-0.05, 0) is 42.9 Å². The SMILES string of the molecule is CCCCCCCOC(=O)C1CCCCC1C(=O)Oc1ccc(C(C)C)cc1. The molecule has 0 aromatic heterocycles. The number of esters is 2. The molecule has 0 bridgehead atoms. The van der Waals surface area contributed by atoms with Gasteiger partial charge in [0.2, 0.25) is 0 Å². The van der Waals surface area contributed by atoms with E-state index in [1.165, 1.54) is 24.8 Å². The summed E-state index contributed by atoms with van der Waals surface area (Å²) in [5.74, 6) is -0.320. The second-order valence-corrected chi connectivity index (χ2v) is 8.22. The van der Waals surface area contributed by atoms with Crippen LogP contribution in [0.25, 0.3) is 0 Å². The molecule has 2 rings (SSSR count). The maximum absolute atomic E-state index is 12.7. The molecule has 1 aliphatic carbocycles. The molecule has 1 aromatic carbocycles. The van der Waals surface area contributed by atoms with Crippen LogP contribution in [0, 0.1) is 11.8 Å². The van der Waals surface area contributed by atoms with Gasteiger partial charge in [0, 0.05) is 0 Å². The normalized spacial score (nSPS) is 19.4. The Hall–Kier alpha value is -1.84. The largest absolute Gasteiger partial charge is 0.465 e. The average Bonchev–Trinajstić information content (AvgIpc) is 2.70. The molecule has 1 aromatic rings. The molecule has 0 N–H and O–H groups in total. The van der Waals surface area contributed by atoms with Gasteiger partial charge in [-0.25, -0.2) is 0 Å². The predicted octanol–water partition coefficient (Wildman–Crippen LogP) is 6.04. The molecule has 28 heavy (non-hydrogen) atoms. The monoisotopic (exact) mass is 388 g/mol. The summed E-state index contributed by atoms with van der Waals surface area (Å²) in [6.45, 7) is 6.89. The molecule has 0 spiro atoms. The summed E-state index contributed by atoms with van der Waals surface area (Å²) in [5.41, 5.74) is 1.21. The molecular weight excluding hydrogens is 352 g/mol. The highest BCUT2D eigenvalue weighted by atomic mass is 16.5. The van der Waals surface area contributed by atoms with Gasteiger partial charge in [0.15, 0.2) is 0 Å². The maximum atomic E-state index is 12.7. The van der Waals surface area contributed by atoms with E-state index in [4.69, 9.17) is 9.47 Å². The molecule has 1 saturated carbocycles. The zero-order chi connectivity index (χ0) is 20.4. The number of carbonyl (C=O) groups excluding carboxylic acids is 2. The Bertz CT molecular complexity index is 606. The third kappa shape index (κ3) is 6.96. The molecule has 1 aliphatic rings. The van der Waals surface area contributed by atoms with E-state index >= 15 is 0 Å². The maximum Gasteiger partial charge on any atom is 0.315 e. The summed E-state index contributed by atoms with van der Waals surface area (Å²) in [6.07, 6.45) is 8.91. The predicted molar refractivity (Wildman–Crippen MR) is 111 cm³/mol. The molecule has 4 heteroatoms. The lowest BCUT2D eigenvalue weighted by molar-refractivity contribution is -0.158. The van der Waals surface area contributed by atoms with Crippen LogP contribution in [-0.2, 0) is 14.3 Å². The first-order valence-electron chi connectivity index (χ1n) is 11.0. The van der Waals surface area contributed by atoms with Crippen molar-refractivity contribution in [2.24, 2.45) is 11.8 Å². The van der Waals surface area contributed by atoms with Gasteiger partial charge in [-0.3, -0.25) is 9.59 Å². The van der Waals surface area contributed by atoms with E-state index < -0.39 is 5.92 Å². The second-order valence-electron chi connectivity index (χ2n) is 8.22. The Balaban J connectivity index is 1.86. The highest BCUT2D eigenvalue weighted by Crippen LogP contribution is 2.32. The van der Waals surface area contributed by atoms with Crippen molar-refractivity contribution in [2.45, 2.75) is 84.5 Å². The first-order chi connectivity index (χ1) is 13.5. The van der Waals surface area contributed by atoms with Crippen LogP contribution >= 0.6 is 0 Å². The lowest BCUT2D eigenvalue weighted by atomic mass is 9.79. The van der Waals surface area contributed by atoms with E-state index in [0.717, 1.165) is 25.7 Å². The van der Waals surface area contributed by atoms with Crippen molar-refractivity contribution >= 4 is 11.9 Å². The van der Waals surface area contributed by atoms with Crippen LogP contribution in [0.15, 0.2) is 24.3 Å². The molecule has 0 amide bonds. The zero-order valence-corrected chi connectivity index (χ0v) is 17.7. The van der Waals surface area contributed by atoms with Gasteiger partial charge in [-0.15, -0.1) is 0 Å². The minimum Gasteiger partial charge on any atom is -0.465 e. The van der Waals surface area contributed by atoms with Gasteiger partial charge in [-0.1, -0.05) is 71.4 Å². The molecule has 156 valence electrons. The second kappa shape index (κ2) is 11.9. The lowest BCUT2D eigenvalue weighted by Crippen LogP contribution is -2.36. The molecule has 2 atom stereocenters. The van der Waals surface area contributed by atoms with Crippen LogP contribution < -0.4 is 4.74 Å². The Kier molecular flexibility index (Phi) is 9.52. The van der Waals surface area contributed by atoms with Crippen molar-refractivity contribution in [2.75, 3.05) is 6.61 Å². The highest BCUT2D eigenvalue weighted by molar-refractivity contribution is 5.83. The van der Waals surface area contributed by atoms with Crippen LogP contribution in [0.3, 0.4) is 0 Å². The highest BCUT2D eigenvalue weighted by Gasteiger charge is 2.38. The van der Waals surface area contributed by atoms with Crippen molar-refractivity contribution < 1.29 is 19.1 Å². The van der Waals surface area contributed by atoms with Gasteiger partial charge in [0.25, 0.3) is 0 Å². The third-order valence-corrected chi connectivity index (χ3v) is 5.63. The molecule has 1 fully saturated rings. The number of carbonyl (C=O) groups is 2. The Morgan fingerprint density at radius 3 is 2.14 bits per heavy atom. The fourth-order valence-electron chi connectivity index (χ4n) is 3.79. The number of benzene rings is 1. The van der Waals surface area contributed by atoms with E-state index in [1.54, 1.807) is 0 Å². The third-order valence-electron chi connectivity index (χ3n) is 5.63. The van der Waals surface area contributed by atoms with Gasteiger partial charge in [0.1, 0.15) is 5.75 Å². The molecule has 4 nitrogen and oxygen atoms in total. The summed E-state index contributed by atoms with van der Waals surface area (Å²) < 4.78 is 11.1. The van der Waals surface area contributed by atoms with E-state index in [2.05, 4.69) is 20.8 Å². The summed E-state index contributed by atoms with van der Waals surface area (Å²) in [5, 5.41) is 0. The van der Waals surface area contributed by atoms with E-state index in [-0.39, 0.29) is 17.9 Å². The van der Waals surface area contributed by atoms with Crippen molar-refractivity contribution in [3.8, 4) is 5.75 Å². The molecular formula is C24H36O4. The van der Waals surface area contributed by atoms with Crippen LogP contribution in [-0.4, -0.2) is 18.5 Å². The minimum absolute atomic E-state index is 0.229. The van der Waals surface area contributed by atoms with Crippen LogP contribution in [0.4, 0.5) is 0 Å². The van der Waals surface area contributed by atoms with Crippen molar-refractivity contribution in [1.82, 2.24) is 0 Å². The van der Waals surface area contributed by atoms with Crippen LogP contribution in [0.5, 0.6) is 5.75 Å². The number of unbranched alkanes of at least 4 members (excludes halogenated alkanes) is 4. The van der Waals surface area contributed by atoms with Crippen LogP contribution in [0.2, 0.25) is 0 Å². The molecule has 0 heterocycles.